The highest BCUT2D eigenvalue weighted by Crippen LogP contribution is 2.24. The van der Waals surface area contributed by atoms with Crippen LogP contribution in [0.1, 0.15) is 16.7 Å². The fraction of sp³-hybridized carbons (Fsp3) is 0.333. The maximum absolute atomic E-state index is 5.94. The molecule has 0 saturated heterocycles. The van der Waals surface area contributed by atoms with E-state index in [1.807, 2.05) is 0 Å². The number of rotatable bonds is 3. The monoisotopic (exact) mass is 258 g/mol. The second kappa shape index (κ2) is 5.22. The minimum atomic E-state index is 0.472. The molecule has 0 fully saturated rings. The van der Waals surface area contributed by atoms with E-state index in [9.17, 15) is 0 Å². The molecule has 0 aliphatic carbocycles. The fourth-order valence-electron chi connectivity index (χ4n) is 2.68. The van der Waals surface area contributed by atoms with Crippen LogP contribution in [0.5, 0.6) is 0 Å². The van der Waals surface area contributed by atoms with Crippen LogP contribution in [-0.2, 0) is 19.5 Å². The molecule has 94 valence electrons. The van der Waals surface area contributed by atoms with E-state index in [1.54, 1.807) is 11.3 Å². The highest BCUT2D eigenvalue weighted by molar-refractivity contribution is 7.07. The zero-order chi connectivity index (χ0) is 12.4. The Morgan fingerprint density at radius 1 is 1.22 bits per heavy atom. The average Bonchev–Trinajstić information content (AvgIpc) is 2.91. The van der Waals surface area contributed by atoms with Gasteiger partial charge in [-0.05, 0) is 39.9 Å². The van der Waals surface area contributed by atoms with Crippen LogP contribution < -0.4 is 5.73 Å². The summed E-state index contributed by atoms with van der Waals surface area (Å²) in [5.41, 5.74) is 10.3. The van der Waals surface area contributed by atoms with Gasteiger partial charge in [-0.15, -0.1) is 0 Å². The number of benzene rings is 1. The summed E-state index contributed by atoms with van der Waals surface area (Å²) in [5.74, 6) is 0. The van der Waals surface area contributed by atoms with Gasteiger partial charge in [-0.25, -0.2) is 0 Å². The second-order valence-corrected chi connectivity index (χ2v) is 5.68. The molecular formula is C15H18N2S. The van der Waals surface area contributed by atoms with Crippen molar-refractivity contribution in [1.29, 1.82) is 0 Å². The van der Waals surface area contributed by atoms with Crippen molar-refractivity contribution < 1.29 is 0 Å². The van der Waals surface area contributed by atoms with Crippen LogP contribution in [0.15, 0.2) is 41.1 Å². The molecule has 3 rings (SSSR count). The molecule has 2 nitrogen and oxygen atoms in total. The molecule has 1 unspecified atom stereocenters. The normalized spacial score (nSPS) is 19.7. The van der Waals surface area contributed by atoms with Crippen molar-refractivity contribution in [1.82, 2.24) is 4.90 Å². The topological polar surface area (TPSA) is 29.3 Å². The number of hydrogen-bond donors (Lipinski definition) is 1. The number of thiophene rings is 1. The highest BCUT2D eigenvalue weighted by Gasteiger charge is 2.24. The van der Waals surface area contributed by atoms with Gasteiger partial charge in [-0.2, -0.15) is 11.3 Å². The Morgan fingerprint density at radius 2 is 2.06 bits per heavy atom. The van der Waals surface area contributed by atoms with Gasteiger partial charge in [0.2, 0.25) is 0 Å². The molecule has 1 aliphatic heterocycles. The Bertz CT molecular complexity index is 507. The standard InChI is InChI=1S/C15H18N2S/c16-8-15-7-13-3-1-2-4-14(13)10-17(15)9-12-5-6-18-11-12/h1-6,11,15H,7-10,16H2. The van der Waals surface area contributed by atoms with Crippen molar-refractivity contribution in [3.8, 4) is 0 Å². The molecule has 0 radical (unpaired) electrons. The smallest absolute Gasteiger partial charge is 0.0265 e. The molecule has 2 heterocycles. The van der Waals surface area contributed by atoms with Crippen molar-refractivity contribution in [2.75, 3.05) is 6.54 Å². The molecule has 2 aromatic rings. The Hall–Kier alpha value is -1.16. The van der Waals surface area contributed by atoms with Crippen molar-refractivity contribution in [2.45, 2.75) is 25.6 Å². The first kappa shape index (κ1) is 11.9. The first-order valence-electron chi connectivity index (χ1n) is 6.39. The average molecular weight is 258 g/mol. The molecule has 2 N–H and O–H groups in total. The summed E-state index contributed by atoms with van der Waals surface area (Å²) in [5, 5.41) is 4.37. The Balaban J connectivity index is 1.82. The molecule has 1 aromatic heterocycles. The van der Waals surface area contributed by atoms with Gasteiger partial charge in [0.25, 0.3) is 0 Å². The van der Waals surface area contributed by atoms with Crippen LogP contribution in [0, 0.1) is 0 Å². The minimum Gasteiger partial charge on any atom is -0.329 e. The third-order valence-electron chi connectivity index (χ3n) is 3.70. The van der Waals surface area contributed by atoms with E-state index in [2.05, 4.69) is 46.0 Å². The fourth-order valence-corrected chi connectivity index (χ4v) is 3.34. The zero-order valence-corrected chi connectivity index (χ0v) is 11.2. The Kier molecular flexibility index (Phi) is 3.46. The number of nitrogens with zero attached hydrogens (tertiary/aromatic N) is 1. The first-order valence-corrected chi connectivity index (χ1v) is 7.33. The van der Waals surface area contributed by atoms with Gasteiger partial charge < -0.3 is 5.73 Å². The van der Waals surface area contributed by atoms with E-state index in [0.29, 0.717) is 6.04 Å². The third kappa shape index (κ3) is 2.34. The molecule has 1 aliphatic rings. The number of hydrogen-bond acceptors (Lipinski definition) is 3. The minimum absolute atomic E-state index is 0.472. The Labute approximate surface area is 112 Å². The van der Waals surface area contributed by atoms with Gasteiger partial charge in [0, 0.05) is 25.7 Å². The Morgan fingerprint density at radius 3 is 2.78 bits per heavy atom. The van der Waals surface area contributed by atoms with Gasteiger partial charge in [0.1, 0.15) is 0 Å². The summed E-state index contributed by atoms with van der Waals surface area (Å²) in [7, 11) is 0. The number of fused-ring (bicyclic) bond motifs is 1. The molecule has 0 bridgehead atoms. The molecule has 3 heteroatoms. The van der Waals surface area contributed by atoms with Gasteiger partial charge in [-0.1, -0.05) is 24.3 Å². The maximum atomic E-state index is 5.94. The van der Waals surface area contributed by atoms with Gasteiger partial charge in [0.05, 0.1) is 0 Å². The van der Waals surface area contributed by atoms with Crippen LogP contribution in [0.2, 0.25) is 0 Å². The third-order valence-corrected chi connectivity index (χ3v) is 4.43. The summed E-state index contributed by atoms with van der Waals surface area (Å²) in [4.78, 5) is 2.50. The van der Waals surface area contributed by atoms with Crippen molar-refractivity contribution in [3.05, 3.63) is 57.8 Å². The predicted octanol–water partition coefficient (Wildman–Crippen LogP) is 2.63. The largest absolute Gasteiger partial charge is 0.329 e. The zero-order valence-electron chi connectivity index (χ0n) is 10.4. The van der Waals surface area contributed by atoms with Crippen LogP contribution >= 0.6 is 11.3 Å². The van der Waals surface area contributed by atoms with E-state index in [-0.39, 0.29) is 0 Å². The first-order chi connectivity index (χ1) is 8.86. The summed E-state index contributed by atoms with van der Waals surface area (Å²) in [6.45, 7) is 2.77. The van der Waals surface area contributed by atoms with Gasteiger partial charge in [-0.3, -0.25) is 4.90 Å². The van der Waals surface area contributed by atoms with E-state index < -0.39 is 0 Å². The summed E-state index contributed by atoms with van der Waals surface area (Å²) in [6.07, 6.45) is 1.08. The van der Waals surface area contributed by atoms with Crippen LogP contribution in [0.3, 0.4) is 0 Å². The molecule has 18 heavy (non-hydrogen) atoms. The van der Waals surface area contributed by atoms with E-state index in [0.717, 1.165) is 26.1 Å². The van der Waals surface area contributed by atoms with Gasteiger partial charge >= 0.3 is 0 Å². The summed E-state index contributed by atoms with van der Waals surface area (Å²) >= 11 is 1.76. The SMILES string of the molecule is NCC1Cc2ccccc2CN1Cc1ccsc1. The van der Waals surface area contributed by atoms with Crippen molar-refractivity contribution >= 4 is 11.3 Å². The van der Waals surface area contributed by atoms with E-state index in [4.69, 9.17) is 5.73 Å². The quantitative estimate of drug-likeness (QED) is 0.917. The lowest BCUT2D eigenvalue weighted by Crippen LogP contribution is -2.44. The summed E-state index contributed by atoms with van der Waals surface area (Å²) in [6, 6.07) is 11.4. The molecular weight excluding hydrogens is 240 g/mol. The van der Waals surface area contributed by atoms with Gasteiger partial charge in [0.15, 0.2) is 0 Å². The molecule has 1 aromatic carbocycles. The highest BCUT2D eigenvalue weighted by atomic mass is 32.1. The lowest BCUT2D eigenvalue weighted by molar-refractivity contribution is 0.167. The maximum Gasteiger partial charge on any atom is 0.0265 e. The lowest BCUT2D eigenvalue weighted by atomic mass is 9.94. The van der Waals surface area contributed by atoms with E-state index >= 15 is 0 Å². The second-order valence-electron chi connectivity index (χ2n) is 4.90. The molecule has 0 spiro atoms. The van der Waals surface area contributed by atoms with Crippen LogP contribution in [0.4, 0.5) is 0 Å². The van der Waals surface area contributed by atoms with Crippen LogP contribution in [-0.4, -0.2) is 17.5 Å². The summed E-state index contributed by atoms with van der Waals surface area (Å²) < 4.78 is 0. The number of nitrogens with two attached hydrogens (primary N) is 1. The van der Waals surface area contributed by atoms with E-state index in [1.165, 1.54) is 16.7 Å². The lowest BCUT2D eigenvalue weighted by Gasteiger charge is -2.36. The molecule has 0 saturated carbocycles. The molecule has 1 atom stereocenters. The molecule has 0 amide bonds. The van der Waals surface area contributed by atoms with Crippen molar-refractivity contribution in [3.63, 3.8) is 0 Å². The van der Waals surface area contributed by atoms with Crippen LogP contribution in [0.25, 0.3) is 0 Å². The predicted molar refractivity (Wildman–Crippen MR) is 76.6 cm³/mol. The van der Waals surface area contributed by atoms with Crippen molar-refractivity contribution in [2.24, 2.45) is 5.73 Å².